The van der Waals surface area contributed by atoms with Gasteiger partial charge in [-0.2, -0.15) is 4.99 Å². The number of hydrogen-bond acceptors (Lipinski definition) is 4. The van der Waals surface area contributed by atoms with Gasteiger partial charge in [0.25, 0.3) is 5.91 Å². The average molecular weight is 404 g/mol. The second-order valence-corrected chi connectivity index (χ2v) is 7.23. The number of nitrogens with zero attached hydrogens (tertiary/aromatic N) is 2. The Morgan fingerprint density at radius 3 is 2.54 bits per heavy atom. The highest BCUT2D eigenvalue weighted by Crippen LogP contribution is 2.22. The molecule has 5 nitrogen and oxygen atoms in total. The zero-order valence-electron chi connectivity index (χ0n) is 15.6. The molecule has 1 heterocycles. The zero-order chi connectivity index (χ0) is 20.4. The summed E-state index contributed by atoms with van der Waals surface area (Å²) in [4.78, 5) is 28.7. The van der Waals surface area contributed by atoms with Gasteiger partial charge >= 0.3 is 5.97 Å². The summed E-state index contributed by atoms with van der Waals surface area (Å²) in [6.07, 6.45) is 0. The molecule has 0 aliphatic heterocycles. The molecule has 0 bridgehead atoms. The van der Waals surface area contributed by atoms with Crippen LogP contribution < -0.4 is 4.80 Å². The molecule has 0 unspecified atom stereocenters. The van der Waals surface area contributed by atoms with Gasteiger partial charge in [0, 0.05) is 6.07 Å². The van der Waals surface area contributed by atoms with E-state index in [1.54, 1.807) is 11.5 Å². The number of esters is 1. The molecule has 0 aliphatic rings. The lowest BCUT2D eigenvalue weighted by atomic mass is 10.1. The van der Waals surface area contributed by atoms with Gasteiger partial charge in [0.15, 0.2) is 4.80 Å². The predicted molar refractivity (Wildman–Crippen MR) is 102 cm³/mol. The number of carbonyl (C=O) groups is 2. The fourth-order valence-electron chi connectivity index (χ4n) is 2.71. The lowest BCUT2D eigenvalue weighted by molar-refractivity contribution is -0.143. The van der Waals surface area contributed by atoms with Crippen LogP contribution in [0.2, 0.25) is 0 Å². The fraction of sp³-hybridized carbons (Fsp3) is 0.250. The number of thiazole rings is 1. The maximum Gasteiger partial charge on any atom is 0.326 e. The summed E-state index contributed by atoms with van der Waals surface area (Å²) >= 11 is 1.21. The van der Waals surface area contributed by atoms with E-state index in [9.17, 15) is 18.4 Å². The van der Waals surface area contributed by atoms with Gasteiger partial charge in [-0.15, -0.1) is 0 Å². The smallest absolute Gasteiger partial charge is 0.326 e. The van der Waals surface area contributed by atoms with Gasteiger partial charge in [0.2, 0.25) is 0 Å². The topological polar surface area (TPSA) is 60.7 Å². The number of aryl methyl sites for hydroxylation is 2. The van der Waals surface area contributed by atoms with Crippen molar-refractivity contribution in [3.05, 3.63) is 63.5 Å². The lowest BCUT2D eigenvalue weighted by Gasteiger charge is -2.06. The monoisotopic (exact) mass is 404 g/mol. The molecule has 3 rings (SSSR count). The third kappa shape index (κ3) is 4.01. The third-order valence-electron chi connectivity index (χ3n) is 4.25. The maximum atomic E-state index is 13.9. The van der Waals surface area contributed by atoms with E-state index in [4.69, 9.17) is 4.74 Å². The highest BCUT2D eigenvalue weighted by molar-refractivity contribution is 7.16. The molecule has 0 aliphatic carbocycles. The average Bonchev–Trinajstić information content (AvgIpc) is 2.92. The van der Waals surface area contributed by atoms with Gasteiger partial charge < -0.3 is 9.30 Å². The minimum absolute atomic E-state index is 0.131. The lowest BCUT2D eigenvalue weighted by Crippen LogP contribution is -2.23. The molecule has 8 heteroatoms. The number of fused-ring (bicyclic) bond motifs is 1. The van der Waals surface area contributed by atoms with Gasteiger partial charge in [0.1, 0.15) is 18.2 Å². The molecule has 0 saturated carbocycles. The van der Waals surface area contributed by atoms with Gasteiger partial charge in [0.05, 0.1) is 22.4 Å². The van der Waals surface area contributed by atoms with E-state index >= 15 is 0 Å². The van der Waals surface area contributed by atoms with E-state index in [0.717, 1.165) is 33.5 Å². The largest absolute Gasteiger partial charge is 0.465 e. The van der Waals surface area contributed by atoms with Crippen LogP contribution in [0.5, 0.6) is 0 Å². The van der Waals surface area contributed by atoms with Crippen LogP contribution in [0.1, 0.15) is 28.4 Å². The van der Waals surface area contributed by atoms with E-state index in [2.05, 4.69) is 4.99 Å². The van der Waals surface area contributed by atoms with Crippen molar-refractivity contribution in [1.29, 1.82) is 0 Å². The molecule has 28 heavy (non-hydrogen) atoms. The van der Waals surface area contributed by atoms with Crippen molar-refractivity contribution in [1.82, 2.24) is 4.57 Å². The van der Waals surface area contributed by atoms with Crippen molar-refractivity contribution in [3.63, 3.8) is 0 Å². The standard InChI is InChI=1S/C20H18F2N2O3S/c1-4-27-18(25)10-24-16-7-11(2)12(3)8-17(16)28-20(24)23-19(26)14-6-5-13(21)9-15(14)22/h5-9H,4,10H2,1-3H3. The molecule has 1 amide bonds. The molecule has 0 N–H and O–H groups in total. The summed E-state index contributed by atoms with van der Waals surface area (Å²) in [5.41, 5.74) is 2.46. The second kappa shape index (κ2) is 8.02. The summed E-state index contributed by atoms with van der Waals surface area (Å²) < 4.78 is 34.4. The normalized spacial score (nSPS) is 11.8. The van der Waals surface area contributed by atoms with Gasteiger partial charge in [-0.05, 0) is 56.2 Å². The van der Waals surface area contributed by atoms with E-state index in [0.29, 0.717) is 6.07 Å². The SMILES string of the molecule is CCOC(=O)Cn1c(=NC(=O)c2ccc(F)cc2F)sc2cc(C)c(C)cc21. The fourth-order valence-corrected chi connectivity index (χ4v) is 3.81. The first-order valence-corrected chi connectivity index (χ1v) is 9.42. The molecule has 0 saturated heterocycles. The summed E-state index contributed by atoms with van der Waals surface area (Å²) in [6, 6.07) is 6.53. The Morgan fingerprint density at radius 1 is 1.14 bits per heavy atom. The molecular weight excluding hydrogens is 386 g/mol. The highest BCUT2D eigenvalue weighted by Gasteiger charge is 2.16. The van der Waals surface area contributed by atoms with Gasteiger partial charge in [-0.25, -0.2) is 8.78 Å². The zero-order valence-corrected chi connectivity index (χ0v) is 16.4. The van der Waals surface area contributed by atoms with Crippen molar-refractivity contribution in [2.24, 2.45) is 4.99 Å². The van der Waals surface area contributed by atoms with Gasteiger partial charge in [-0.3, -0.25) is 9.59 Å². The number of halogens is 2. The first-order valence-electron chi connectivity index (χ1n) is 8.60. The molecule has 3 aromatic rings. The van der Waals surface area contributed by atoms with Crippen LogP contribution in [0.25, 0.3) is 10.2 Å². The Hall–Kier alpha value is -2.87. The second-order valence-electron chi connectivity index (χ2n) is 6.22. The van der Waals surface area contributed by atoms with Gasteiger partial charge in [-0.1, -0.05) is 11.3 Å². The Morgan fingerprint density at radius 2 is 1.86 bits per heavy atom. The van der Waals surface area contributed by atoms with E-state index in [-0.39, 0.29) is 23.5 Å². The number of aromatic nitrogens is 1. The van der Waals surface area contributed by atoms with Crippen LogP contribution in [-0.2, 0) is 16.1 Å². The van der Waals surface area contributed by atoms with Crippen LogP contribution in [0.15, 0.2) is 35.3 Å². The Kier molecular flexibility index (Phi) is 5.69. The number of carbonyl (C=O) groups excluding carboxylic acids is 2. The molecule has 1 aromatic heterocycles. The molecule has 0 radical (unpaired) electrons. The number of benzene rings is 2. The summed E-state index contributed by atoms with van der Waals surface area (Å²) in [5, 5.41) is 0. The molecule has 0 fully saturated rings. The first-order chi connectivity index (χ1) is 13.3. The van der Waals surface area contributed by atoms with Crippen LogP contribution in [-0.4, -0.2) is 23.1 Å². The quantitative estimate of drug-likeness (QED) is 0.620. The molecule has 2 aromatic carbocycles. The van der Waals surface area contributed by atoms with Crippen molar-refractivity contribution in [3.8, 4) is 0 Å². The van der Waals surface area contributed by atoms with Crippen molar-refractivity contribution in [2.75, 3.05) is 6.61 Å². The number of hydrogen-bond donors (Lipinski definition) is 0. The van der Waals surface area contributed by atoms with E-state index < -0.39 is 23.5 Å². The van der Waals surface area contributed by atoms with E-state index in [1.807, 2.05) is 26.0 Å². The molecular formula is C20H18F2N2O3S. The predicted octanol–water partition coefficient (Wildman–Crippen LogP) is 3.90. The van der Waals surface area contributed by atoms with Crippen molar-refractivity contribution < 1.29 is 23.1 Å². The van der Waals surface area contributed by atoms with Crippen LogP contribution in [0.4, 0.5) is 8.78 Å². The Balaban J connectivity index is 2.16. The van der Waals surface area contributed by atoms with E-state index in [1.165, 1.54) is 11.3 Å². The number of ether oxygens (including phenoxy) is 1. The summed E-state index contributed by atoms with van der Waals surface area (Å²) in [5.74, 6) is -3.09. The minimum Gasteiger partial charge on any atom is -0.465 e. The molecule has 0 atom stereocenters. The van der Waals surface area contributed by atoms with Crippen LogP contribution in [0, 0.1) is 25.5 Å². The maximum absolute atomic E-state index is 13.9. The van der Waals surface area contributed by atoms with Crippen LogP contribution >= 0.6 is 11.3 Å². The summed E-state index contributed by atoms with van der Waals surface area (Å²) in [6.45, 7) is 5.70. The van der Waals surface area contributed by atoms with Crippen molar-refractivity contribution in [2.45, 2.75) is 27.3 Å². The number of amides is 1. The Labute approximate surface area is 163 Å². The van der Waals surface area contributed by atoms with Crippen molar-refractivity contribution >= 4 is 33.4 Å². The van der Waals surface area contributed by atoms with Crippen LogP contribution in [0.3, 0.4) is 0 Å². The molecule has 146 valence electrons. The molecule has 0 spiro atoms. The number of rotatable bonds is 4. The first kappa shape index (κ1) is 19.9. The summed E-state index contributed by atoms with van der Waals surface area (Å²) in [7, 11) is 0. The highest BCUT2D eigenvalue weighted by atomic mass is 32.1. The third-order valence-corrected chi connectivity index (χ3v) is 5.29. The Bertz CT molecular complexity index is 1150. The minimum atomic E-state index is -0.988.